The zero-order chi connectivity index (χ0) is 13.1. The number of rotatable bonds is 2. The van der Waals surface area contributed by atoms with Crippen molar-refractivity contribution in [2.24, 2.45) is 5.92 Å². The second kappa shape index (κ2) is 6.09. The third kappa shape index (κ3) is 3.20. The summed E-state index contributed by atoms with van der Waals surface area (Å²) in [7, 11) is 0. The average molecular weight is 257 g/mol. The number of hydrogen-bond acceptors (Lipinski definition) is 1. The maximum atomic E-state index is 3.66. The summed E-state index contributed by atoms with van der Waals surface area (Å²) in [4.78, 5) is 0. The van der Waals surface area contributed by atoms with Crippen LogP contribution < -0.4 is 5.32 Å². The molecule has 0 bridgehead atoms. The van der Waals surface area contributed by atoms with E-state index < -0.39 is 0 Å². The van der Waals surface area contributed by atoms with E-state index in [1.54, 1.807) is 5.56 Å². The molecule has 1 aromatic rings. The second-order valence-electron chi connectivity index (χ2n) is 6.64. The van der Waals surface area contributed by atoms with Gasteiger partial charge in [-0.2, -0.15) is 0 Å². The molecule has 2 atom stereocenters. The molecule has 1 aromatic carbocycles. The van der Waals surface area contributed by atoms with Crippen molar-refractivity contribution in [2.45, 2.75) is 63.8 Å². The summed E-state index contributed by atoms with van der Waals surface area (Å²) < 4.78 is 0. The van der Waals surface area contributed by atoms with Gasteiger partial charge in [0, 0.05) is 6.04 Å². The van der Waals surface area contributed by atoms with Crippen molar-refractivity contribution in [3.05, 3.63) is 35.4 Å². The molecule has 3 rings (SSSR count). The molecule has 2 aliphatic rings. The highest BCUT2D eigenvalue weighted by Gasteiger charge is 2.20. The van der Waals surface area contributed by atoms with Gasteiger partial charge in [0.05, 0.1) is 0 Å². The summed E-state index contributed by atoms with van der Waals surface area (Å²) >= 11 is 0. The van der Waals surface area contributed by atoms with E-state index in [9.17, 15) is 0 Å². The smallest absolute Gasteiger partial charge is 0.0322 e. The fraction of sp³-hybridized carbons (Fsp3) is 0.667. The Morgan fingerprint density at radius 1 is 0.895 bits per heavy atom. The van der Waals surface area contributed by atoms with Gasteiger partial charge in [-0.3, -0.25) is 0 Å². The summed E-state index contributed by atoms with van der Waals surface area (Å²) in [6.45, 7) is 3.56. The normalized spacial score (nSPS) is 29.3. The molecule has 1 heteroatoms. The van der Waals surface area contributed by atoms with Crippen molar-refractivity contribution < 1.29 is 0 Å². The van der Waals surface area contributed by atoms with E-state index in [-0.39, 0.29) is 0 Å². The van der Waals surface area contributed by atoms with E-state index in [4.69, 9.17) is 0 Å². The van der Waals surface area contributed by atoms with Crippen molar-refractivity contribution in [1.29, 1.82) is 0 Å². The minimum atomic E-state index is 0.587. The molecule has 2 fully saturated rings. The Bertz CT molecular complexity index is 389. The Labute approximate surface area is 117 Å². The maximum absolute atomic E-state index is 3.66. The molecule has 0 spiro atoms. The molecule has 104 valence electrons. The minimum absolute atomic E-state index is 0.587. The van der Waals surface area contributed by atoms with Crippen molar-refractivity contribution in [2.75, 3.05) is 6.54 Å². The van der Waals surface area contributed by atoms with Crippen LogP contribution in [0.4, 0.5) is 0 Å². The highest BCUT2D eigenvalue weighted by atomic mass is 14.9. The van der Waals surface area contributed by atoms with E-state index >= 15 is 0 Å². The molecule has 0 radical (unpaired) electrons. The van der Waals surface area contributed by atoms with Gasteiger partial charge < -0.3 is 5.32 Å². The van der Waals surface area contributed by atoms with Gasteiger partial charge in [0.1, 0.15) is 0 Å². The topological polar surface area (TPSA) is 12.0 Å². The monoisotopic (exact) mass is 257 g/mol. The fourth-order valence-corrected chi connectivity index (χ4v) is 3.80. The van der Waals surface area contributed by atoms with Crippen LogP contribution in [0.5, 0.6) is 0 Å². The van der Waals surface area contributed by atoms with Crippen LogP contribution in [0.2, 0.25) is 0 Å². The summed E-state index contributed by atoms with van der Waals surface area (Å²) in [5.74, 6) is 1.70. The third-order valence-electron chi connectivity index (χ3n) is 5.08. The van der Waals surface area contributed by atoms with Crippen molar-refractivity contribution in [1.82, 2.24) is 5.32 Å². The first kappa shape index (κ1) is 13.2. The van der Waals surface area contributed by atoms with E-state index in [1.807, 2.05) is 0 Å². The highest BCUT2D eigenvalue weighted by Crippen LogP contribution is 2.34. The number of nitrogens with one attached hydrogen (secondary N) is 1. The van der Waals surface area contributed by atoms with Gasteiger partial charge in [0.25, 0.3) is 0 Å². The maximum Gasteiger partial charge on any atom is 0.0322 e. The molecule has 2 unspecified atom stereocenters. The first-order valence-corrected chi connectivity index (χ1v) is 8.16. The number of hydrogen-bond donors (Lipinski definition) is 1. The number of benzene rings is 1. The van der Waals surface area contributed by atoms with Gasteiger partial charge in [-0.25, -0.2) is 0 Å². The van der Waals surface area contributed by atoms with Crippen LogP contribution >= 0.6 is 0 Å². The quantitative estimate of drug-likeness (QED) is 0.803. The SMILES string of the molecule is CC1CCNC(c2ccc(C3CCCCC3)cc2)C1. The lowest BCUT2D eigenvalue weighted by Gasteiger charge is -2.29. The summed E-state index contributed by atoms with van der Waals surface area (Å²) in [5, 5.41) is 3.66. The van der Waals surface area contributed by atoms with E-state index in [0.29, 0.717) is 6.04 Å². The molecule has 1 nitrogen and oxygen atoms in total. The van der Waals surface area contributed by atoms with Crippen LogP contribution in [0.25, 0.3) is 0 Å². The Balaban J connectivity index is 1.67. The van der Waals surface area contributed by atoms with Gasteiger partial charge in [-0.05, 0) is 55.2 Å². The Hall–Kier alpha value is -0.820. The highest BCUT2D eigenvalue weighted by molar-refractivity contribution is 5.28. The molecule has 1 saturated carbocycles. The minimum Gasteiger partial charge on any atom is -0.310 e. The van der Waals surface area contributed by atoms with Gasteiger partial charge >= 0.3 is 0 Å². The van der Waals surface area contributed by atoms with Crippen LogP contribution in [0.1, 0.15) is 75.0 Å². The van der Waals surface area contributed by atoms with Crippen LogP contribution in [-0.4, -0.2) is 6.54 Å². The molecule has 1 N–H and O–H groups in total. The molecule has 0 amide bonds. The Morgan fingerprint density at radius 2 is 1.58 bits per heavy atom. The molecule has 0 aromatic heterocycles. The Kier molecular flexibility index (Phi) is 4.22. The lowest BCUT2D eigenvalue weighted by molar-refractivity contribution is 0.325. The van der Waals surface area contributed by atoms with E-state index in [2.05, 4.69) is 36.5 Å². The molecule has 1 aliphatic carbocycles. The summed E-state index contributed by atoms with van der Waals surface area (Å²) in [5.41, 5.74) is 3.07. The van der Waals surface area contributed by atoms with Gasteiger partial charge in [-0.1, -0.05) is 50.5 Å². The van der Waals surface area contributed by atoms with Crippen LogP contribution in [0.15, 0.2) is 24.3 Å². The van der Waals surface area contributed by atoms with Crippen molar-refractivity contribution in [3.8, 4) is 0 Å². The van der Waals surface area contributed by atoms with E-state index in [1.165, 1.54) is 57.1 Å². The average Bonchev–Trinajstić information content (AvgIpc) is 2.48. The molecule has 1 heterocycles. The molecule has 1 aliphatic heterocycles. The lowest BCUT2D eigenvalue weighted by atomic mass is 9.83. The van der Waals surface area contributed by atoms with Crippen molar-refractivity contribution in [3.63, 3.8) is 0 Å². The van der Waals surface area contributed by atoms with E-state index in [0.717, 1.165) is 11.8 Å². The molecular formula is C18H27N. The zero-order valence-corrected chi connectivity index (χ0v) is 12.2. The van der Waals surface area contributed by atoms with Crippen LogP contribution in [0.3, 0.4) is 0 Å². The van der Waals surface area contributed by atoms with Crippen LogP contribution in [-0.2, 0) is 0 Å². The van der Waals surface area contributed by atoms with Gasteiger partial charge in [0.2, 0.25) is 0 Å². The zero-order valence-electron chi connectivity index (χ0n) is 12.2. The predicted octanol–water partition coefficient (Wildman–Crippen LogP) is 4.79. The second-order valence-corrected chi connectivity index (χ2v) is 6.64. The van der Waals surface area contributed by atoms with Crippen molar-refractivity contribution >= 4 is 0 Å². The molecular weight excluding hydrogens is 230 g/mol. The first-order valence-electron chi connectivity index (χ1n) is 8.16. The first-order chi connectivity index (χ1) is 9.33. The Morgan fingerprint density at radius 3 is 2.26 bits per heavy atom. The molecule has 1 saturated heterocycles. The summed E-state index contributed by atoms with van der Waals surface area (Å²) in [6, 6.07) is 10.1. The number of piperidine rings is 1. The standard InChI is InChI=1S/C18H27N/c1-14-11-12-19-18(13-14)17-9-7-16(8-10-17)15-5-3-2-4-6-15/h7-10,14-15,18-19H,2-6,11-13H2,1H3. The summed E-state index contributed by atoms with van der Waals surface area (Å²) in [6.07, 6.45) is 9.72. The fourth-order valence-electron chi connectivity index (χ4n) is 3.80. The largest absolute Gasteiger partial charge is 0.310 e. The predicted molar refractivity (Wildman–Crippen MR) is 81.4 cm³/mol. The third-order valence-corrected chi connectivity index (χ3v) is 5.08. The van der Waals surface area contributed by atoms with Crippen LogP contribution in [0, 0.1) is 5.92 Å². The molecule has 19 heavy (non-hydrogen) atoms. The van der Waals surface area contributed by atoms with Gasteiger partial charge in [-0.15, -0.1) is 0 Å². The van der Waals surface area contributed by atoms with Gasteiger partial charge in [0.15, 0.2) is 0 Å². The lowest BCUT2D eigenvalue weighted by Crippen LogP contribution is -2.30.